The van der Waals surface area contributed by atoms with Crippen molar-refractivity contribution in [1.29, 1.82) is 0 Å². The predicted octanol–water partition coefficient (Wildman–Crippen LogP) is 3.25. The maximum atomic E-state index is 11.8. The lowest BCUT2D eigenvalue weighted by atomic mass is 10.1. The molecule has 0 spiro atoms. The largest absolute Gasteiger partial charge is 0.348 e. The van der Waals surface area contributed by atoms with E-state index in [4.69, 9.17) is 0 Å². The number of hydrogen-bond acceptors (Lipinski definition) is 2. The van der Waals surface area contributed by atoms with E-state index >= 15 is 0 Å². The number of amides is 1. The lowest BCUT2D eigenvalue weighted by Gasteiger charge is -2.19. The Morgan fingerprint density at radius 2 is 2.20 bits per heavy atom. The summed E-state index contributed by atoms with van der Waals surface area (Å²) < 4.78 is 0.950. The van der Waals surface area contributed by atoms with Crippen LogP contribution in [0.1, 0.15) is 28.4 Å². The summed E-state index contributed by atoms with van der Waals surface area (Å²) >= 11 is 3.86. The third-order valence-corrected chi connectivity index (χ3v) is 4.20. The Kier molecular flexibility index (Phi) is 5.05. The number of nitrogens with one attached hydrogen (secondary N) is 1. The normalized spacial score (nSPS) is 12.9. The fourth-order valence-electron chi connectivity index (χ4n) is 1.18. The van der Waals surface area contributed by atoms with E-state index in [1.54, 1.807) is 11.3 Å². The minimum absolute atomic E-state index is 0.0588. The van der Waals surface area contributed by atoms with Crippen LogP contribution < -0.4 is 5.32 Å². The SMILES string of the molecule is Cc1ccc(C(=O)NC(CI)C(C)C)s1. The van der Waals surface area contributed by atoms with Gasteiger partial charge in [-0.1, -0.05) is 36.4 Å². The second-order valence-corrected chi connectivity index (χ2v) is 6.06. The maximum absolute atomic E-state index is 11.8. The molecule has 1 aromatic heterocycles. The molecule has 1 atom stereocenters. The smallest absolute Gasteiger partial charge is 0.261 e. The molecule has 0 aromatic carbocycles. The molecule has 1 rings (SSSR count). The van der Waals surface area contributed by atoms with E-state index in [1.165, 1.54) is 4.88 Å². The van der Waals surface area contributed by atoms with Crippen LogP contribution in [0.3, 0.4) is 0 Å². The second kappa shape index (κ2) is 5.84. The highest BCUT2D eigenvalue weighted by atomic mass is 127. The average Bonchev–Trinajstić information content (AvgIpc) is 2.60. The van der Waals surface area contributed by atoms with E-state index in [9.17, 15) is 4.79 Å². The number of hydrogen-bond donors (Lipinski definition) is 1. The fraction of sp³-hybridized carbons (Fsp3) is 0.545. The maximum Gasteiger partial charge on any atom is 0.261 e. The van der Waals surface area contributed by atoms with Crippen molar-refractivity contribution in [3.63, 3.8) is 0 Å². The third kappa shape index (κ3) is 3.75. The molecule has 0 aliphatic rings. The van der Waals surface area contributed by atoms with E-state index in [0.29, 0.717) is 5.92 Å². The first-order valence-electron chi connectivity index (χ1n) is 4.98. The van der Waals surface area contributed by atoms with Gasteiger partial charge in [0.1, 0.15) is 0 Å². The van der Waals surface area contributed by atoms with Crippen molar-refractivity contribution in [2.24, 2.45) is 5.92 Å². The van der Waals surface area contributed by atoms with Crippen LogP contribution in [-0.2, 0) is 0 Å². The zero-order chi connectivity index (χ0) is 11.4. The number of aryl methyl sites for hydroxylation is 1. The Morgan fingerprint density at radius 1 is 1.53 bits per heavy atom. The van der Waals surface area contributed by atoms with Gasteiger partial charge in [0.05, 0.1) is 4.88 Å². The quantitative estimate of drug-likeness (QED) is 0.663. The minimum atomic E-state index is 0.0588. The molecular formula is C11H16INOS. The van der Waals surface area contributed by atoms with E-state index in [0.717, 1.165) is 9.30 Å². The number of rotatable bonds is 4. The summed E-state index contributed by atoms with van der Waals surface area (Å²) in [6.45, 7) is 6.27. The van der Waals surface area contributed by atoms with Gasteiger partial charge in [-0.3, -0.25) is 4.79 Å². The number of alkyl halides is 1. The molecular weight excluding hydrogens is 321 g/mol. The molecule has 1 unspecified atom stereocenters. The first-order chi connectivity index (χ1) is 7.04. The zero-order valence-corrected chi connectivity index (χ0v) is 12.2. The predicted molar refractivity (Wildman–Crippen MR) is 74.0 cm³/mol. The van der Waals surface area contributed by atoms with Crippen molar-refractivity contribution in [1.82, 2.24) is 5.32 Å². The number of thiophene rings is 1. The van der Waals surface area contributed by atoms with Gasteiger partial charge in [0.15, 0.2) is 0 Å². The molecule has 84 valence electrons. The summed E-state index contributed by atoms with van der Waals surface area (Å²) in [4.78, 5) is 13.8. The third-order valence-electron chi connectivity index (χ3n) is 2.25. The highest BCUT2D eigenvalue weighted by Crippen LogP contribution is 2.15. The fourth-order valence-corrected chi connectivity index (χ4v) is 3.19. The molecule has 0 bridgehead atoms. The minimum Gasteiger partial charge on any atom is -0.348 e. The molecule has 0 saturated heterocycles. The summed E-state index contributed by atoms with van der Waals surface area (Å²) in [5.41, 5.74) is 0. The van der Waals surface area contributed by atoms with Gasteiger partial charge in [-0.2, -0.15) is 0 Å². The van der Waals surface area contributed by atoms with E-state index in [2.05, 4.69) is 41.8 Å². The Labute approximate surface area is 109 Å². The standard InChI is InChI=1S/C11H16INOS/c1-7(2)9(6-12)13-11(14)10-5-4-8(3)15-10/h4-5,7,9H,6H2,1-3H3,(H,13,14). The molecule has 0 saturated carbocycles. The number of carbonyl (C=O) groups excluding carboxylic acids is 1. The van der Waals surface area contributed by atoms with Gasteiger partial charge in [-0.15, -0.1) is 11.3 Å². The van der Waals surface area contributed by atoms with Crippen LogP contribution in [0, 0.1) is 12.8 Å². The van der Waals surface area contributed by atoms with Crippen molar-refractivity contribution in [3.05, 3.63) is 21.9 Å². The van der Waals surface area contributed by atoms with Crippen molar-refractivity contribution in [2.75, 3.05) is 4.43 Å². The summed E-state index contributed by atoms with van der Waals surface area (Å²) in [7, 11) is 0. The van der Waals surface area contributed by atoms with E-state index in [1.807, 2.05) is 19.1 Å². The van der Waals surface area contributed by atoms with Crippen LogP contribution in [0.15, 0.2) is 12.1 Å². The van der Waals surface area contributed by atoms with Gasteiger partial charge >= 0.3 is 0 Å². The highest BCUT2D eigenvalue weighted by Gasteiger charge is 2.16. The lowest BCUT2D eigenvalue weighted by Crippen LogP contribution is -2.39. The molecule has 2 nitrogen and oxygen atoms in total. The van der Waals surface area contributed by atoms with Crippen LogP contribution in [-0.4, -0.2) is 16.4 Å². The Morgan fingerprint density at radius 3 is 2.60 bits per heavy atom. The molecule has 1 amide bonds. The van der Waals surface area contributed by atoms with Crippen molar-refractivity contribution >= 4 is 39.8 Å². The van der Waals surface area contributed by atoms with Gasteiger partial charge in [-0.25, -0.2) is 0 Å². The average molecular weight is 337 g/mol. The molecule has 1 N–H and O–H groups in total. The summed E-state index contributed by atoms with van der Waals surface area (Å²) in [6, 6.07) is 4.13. The topological polar surface area (TPSA) is 29.1 Å². The van der Waals surface area contributed by atoms with Crippen LogP contribution in [0.25, 0.3) is 0 Å². The summed E-state index contributed by atoms with van der Waals surface area (Å²) in [6.07, 6.45) is 0. The van der Waals surface area contributed by atoms with Gasteiger partial charge in [0, 0.05) is 15.3 Å². The van der Waals surface area contributed by atoms with E-state index < -0.39 is 0 Å². The molecule has 0 fully saturated rings. The van der Waals surface area contributed by atoms with Crippen LogP contribution in [0.5, 0.6) is 0 Å². The first-order valence-corrected chi connectivity index (χ1v) is 7.32. The van der Waals surface area contributed by atoms with Gasteiger partial charge < -0.3 is 5.32 Å². The second-order valence-electron chi connectivity index (χ2n) is 3.89. The first kappa shape index (κ1) is 13.0. The number of halogens is 1. The van der Waals surface area contributed by atoms with Crippen molar-refractivity contribution < 1.29 is 4.79 Å². The van der Waals surface area contributed by atoms with Crippen LogP contribution >= 0.6 is 33.9 Å². The van der Waals surface area contributed by atoms with Crippen molar-refractivity contribution in [3.8, 4) is 0 Å². The van der Waals surface area contributed by atoms with Crippen LogP contribution in [0.4, 0.5) is 0 Å². The summed E-state index contributed by atoms with van der Waals surface area (Å²) in [5.74, 6) is 0.537. The molecule has 1 heterocycles. The molecule has 4 heteroatoms. The van der Waals surface area contributed by atoms with Gasteiger partial charge in [-0.05, 0) is 25.0 Å². The van der Waals surface area contributed by atoms with Gasteiger partial charge in [0.25, 0.3) is 5.91 Å². The molecule has 0 aliphatic carbocycles. The van der Waals surface area contributed by atoms with Crippen LogP contribution in [0.2, 0.25) is 0 Å². The molecule has 1 aromatic rings. The molecule has 15 heavy (non-hydrogen) atoms. The Bertz CT molecular complexity index is 335. The molecule has 0 radical (unpaired) electrons. The Hall–Kier alpha value is -0.100. The van der Waals surface area contributed by atoms with E-state index in [-0.39, 0.29) is 11.9 Å². The number of carbonyl (C=O) groups is 1. The zero-order valence-electron chi connectivity index (χ0n) is 9.21. The monoisotopic (exact) mass is 337 g/mol. The molecule has 0 aliphatic heterocycles. The lowest BCUT2D eigenvalue weighted by molar-refractivity contribution is 0.0936. The highest BCUT2D eigenvalue weighted by molar-refractivity contribution is 14.1. The van der Waals surface area contributed by atoms with Crippen molar-refractivity contribution in [2.45, 2.75) is 26.8 Å². The van der Waals surface area contributed by atoms with Gasteiger partial charge in [0.2, 0.25) is 0 Å². The summed E-state index contributed by atoms with van der Waals surface area (Å²) in [5, 5.41) is 3.06. The Balaban J connectivity index is 2.62.